The molecule has 198 valence electrons. The van der Waals surface area contributed by atoms with Crippen molar-refractivity contribution in [2.45, 2.75) is 63.9 Å². The van der Waals surface area contributed by atoms with Gasteiger partial charge in [-0.05, 0) is 43.0 Å². The van der Waals surface area contributed by atoms with E-state index in [2.05, 4.69) is 4.98 Å². The highest BCUT2D eigenvalue weighted by molar-refractivity contribution is 7.13. The molecule has 9 heteroatoms. The van der Waals surface area contributed by atoms with E-state index in [0.29, 0.717) is 12.0 Å². The highest BCUT2D eigenvalue weighted by Crippen LogP contribution is 2.30. The minimum absolute atomic E-state index is 0.00363. The summed E-state index contributed by atoms with van der Waals surface area (Å²) in [6.07, 6.45) is -1.11. The van der Waals surface area contributed by atoms with E-state index < -0.39 is 30.2 Å². The molecule has 0 radical (unpaired) electrons. The molecule has 0 spiro atoms. The maximum Gasteiger partial charge on any atom is 0.255 e. The summed E-state index contributed by atoms with van der Waals surface area (Å²) in [5, 5.41) is 20.9. The molecule has 4 atom stereocenters. The standard InChI is InChI=1S/C29H31N3O5S/c1-17-27(38-16-30-17)20-10-7-19(8-11-20)9-12-25(35)24-13-22(34)15-31(24)29(37)26(18(2)33)32-14-21-5-3-4-6-23(21)28(32)36/h3-8,10-11,16,18,22,24,26,33-34H,9,12-15H2,1-2H3/t18-,22+,24-,26?/m0/s1. The molecule has 3 heterocycles. The van der Waals surface area contributed by atoms with E-state index in [1.807, 2.05) is 48.8 Å². The summed E-state index contributed by atoms with van der Waals surface area (Å²) in [5.74, 6) is -0.975. The predicted molar refractivity (Wildman–Crippen MR) is 144 cm³/mol. The van der Waals surface area contributed by atoms with Crippen molar-refractivity contribution in [2.24, 2.45) is 0 Å². The number of aliphatic hydroxyl groups is 2. The third kappa shape index (κ3) is 5.01. The Bertz CT molecular complexity index is 1350. The Kier molecular flexibility index (Phi) is 7.43. The SMILES string of the molecule is Cc1ncsc1-c1ccc(CCC(=O)[C@@H]2C[C@@H](O)CN2C(=O)C([C@H](C)O)N2Cc3ccccc3C2=O)cc1. The van der Waals surface area contributed by atoms with Gasteiger partial charge in [0.1, 0.15) is 6.04 Å². The first-order valence-corrected chi connectivity index (χ1v) is 13.7. The van der Waals surface area contributed by atoms with Crippen LogP contribution >= 0.6 is 11.3 Å². The molecular weight excluding hydrogens is 502 g/mol. The van der Waals surface area contributed by atoms with Crippen LogP contribution in [0.4, 0.5) is 0 Å². The third-order valence-electron chi connectivity index (χ3n) is 7.45. The van der Waals surface area contributed by atoms with Crippen LogP contribution in [0.3, 0.4) is 0 Å². The van der Waals surface area contributed by atoms with Crippen LogP contribution in [0.15, 0.2) is 54.0 Å². The number of fused-ring (bicyclic) bond motifs is 1. The van der Waals surface area contributed by atoms with Crippen LogP contribution < -0.4 is 0 Å². The lowest BCUT2D eigenvalue weighted by Gasteiger charge is -2.34. The van der Waals surface area contributed by atoms with E-state index in [4.69, 9.17) is 0 Å². The molecular formula is C29H31N3O5S. The van der Waals surface area contributed by atoms with E-state index in [9.17, 15) is 24.6 Å². The van der Waals surface area contributed by atoms with E-state index >= 15 is 0 Å². The van der Waals surface area contributed by atoms with Crippen molar-refractivity contribution in [3.05, 3.63) is 76.4 Å². The number of carbonyl (C=O) groups excluding carboxylic acids is 3. The molecule has 2 aliphatic heterocycles. The number of likely N-dealkylation sites (tertiary alicyclic amines) is 1. The fraction of sp³-hybridized carbons (Fsp3) is 0.379. The molecule has 0 aliphatic carbocycles. The lowest BCUT2D eigenvalue weighted by Crippen LogP contribution is -2.56. The molecule has 1 aromatic heterocycles. The average molecular weight is 534 g/mol. The molecule has 3 aromatic rings. The van der Waals surface area contributed by atoms with Gasteiger partial charge >= 0.3 is 0 Å². The van der Waals surface area contributed by atoms with Crippen LogP contribution in [0.1, 0.15) is 46.9 Å². The molecule has 38 heavy (non-hydrogen) atoms. The number of Topliss-reactive ketones (excluding diaryl/α,β-unsaturated/α-hetero) is 1. The molecule has 2 aromatic carbocycles. The van der Waals surface area contributed by atoms with Gasteiger partial charge < -0.3 is 20.0 Å². The number of rotatable bonds is 8. The minimum atomic E-state index is -1.14. The van der Waals surface area contributed by atoms with E-state index in [0.717, 1.165) is 27.3 Å². The number of hydrogen-bond acceptors (Lipinski definition) is 7. The normalized spacial score (nSPS) is 20.5. The fourth-order valence-corrected chi connectivity index (χ4v) is 6.28. The van der Waals surface area contributed by atoms with Crippen LogP contribution in [-0.2, 0) is 22.6 Å². The summed E-state index contributed by atoms with van der Waals surface area (Å²) in [7, 11) is 0. The highest BCUT2D eigenvalue weighted by Gasteiger charge is 2.46. The van der Waals surface area contributed by atoms with Crippen LogP contribution in [-0.4, -0.2) is 73.4 Å². The molecule has 2 aliphatic rings. The van der Waals surface area contributed by atoms with Gasteiger partial charge in [-0.3, -0.25) is 14.4 Å². The summed E-state index contributed by atoms with van der Waals surface area (Å²) in [6, 6.07) is 13.2. The average Bonchev–Trinajstić information content (AvgIpc) is 3.60. The molecule has 1 unspecified atom stereocenters. The van der Waals surface area contributed by atoms with Crippen LogP contribution in [0.5, 0.6) is 0 Å². The first kappa shape index (κ1) is 26.2. The monoisotopic (exact) mass is 533 g/mol. The topological polar surface area (TPSA) is 111 Å². The van der Waals surface area contributed by atoms with Crippen molar-refractivity contribution in [1.82, 2.24) is 14.8 Å². The van der Waals surface area contributed by atoms with Gasteiger partial charge in [0.2, 0.25) is 5.91 Å². The van der Waals surface area contributed by atoms with Gasteiger partial charge in [0.25, 0.3) is 5.91 Å². The number of ketones is 1. The quantitative estimate of drug-likeness (QED) is 0.461. The zero-order valence-corrected chi connectivity index (χ0v) is 22.2. The van der Waals surface area contributed by atoms with Crippen LogP contribution in [0.25, 0.3) is 10.4 Å². The number of aromatic nitrogens is 1. The number of β-amino-alcohol motifs (C(OH)–C–C–N with tert-alkyl or cyclic N) is 1. The lowest BCUT2D eigenvalue weighted by molar-refractivity contribution is -0.144. The highest BCUT2D eigenvalue weighted by atomic mass is 32.1. The molecule has 1 saturated heterocycles. The van der Waals surface area contributed by atoms with E-state index in [1.54, 1.807) is 23.5 Å². The number of carbonyl (C=O) groups is 3. The summed E-state index contributed by atoms with van der Waals surface area (Å²) in [4.78, 5) is 48.2. The first-order valence-electron chi connectivity index (χ1n) is 12.8. The van der Waals surface area contributed by atoms with E-state index in [1.165, 1.54) is 16.7 Å². The molecule has 2 amide bonds. The molecule has 8 nitrogen and oxygen atoms in total. The maximum atomic E-state index is 13.7. The molecule has 5 rings (SSSR count). The Morgan fingerprint density at radius 3 is 2.55 bits per heavy atom. The fourth-order valence-electron chi connectivity index (χ4n) is 5.47. The Morgan fingerprint density at radius 1 is 1.16 bits per heavy atom. The molecule has 0 saturated carbocycles. The second-order valence-corrected chi connectivity index (χ2v) is 11.0. The largest absolute Gasteiger partial charge is 0.391 e. The number of nitrogens with zero attached hydrogens (tertiary/aromatic N) is 3. The third-order valence-corrected chi connectivity index (χ3v) is 8.43. The van der Waals surface area contributed by atoms with Gasteiger partial charge in [-0.1, -0.05) is 42.5 Å². The van der Waals surface area contributed by atoms with Gasteiger partial charge in [0.05, 0.1) is 34.3 Å². The molecule has 2 N–H and O–H groups in total. The van der Waals surface area contributed by atoms with Crippen molar-refractivity contribution in [3.63, 3.8) is 0 Å². The van der Waals surface area contributed by atoms with E-state index in [-0.39, 0.29) is 37.6 Å². The zero-order valence-electron chi connectivity index (χ0n) is 21.4. The second kappa shape index (κ2) is 10.8. The summed E-state index contributed by atoms with van der Waals surface area (Å²) in [5.41, 5.74) is 6.19. The number of aryl methyl sites for hydroxylation is 2. The predicted octanol–water partition coefficient (Wildman–Crippen LogP) is 2.99. The van der Waals surface area contributed by atoms with Gasteiger partial charge in [0, 0.05) is 31.5 Å². The second-order valence-electron chi connectivity index (χ2n) is 10.1. The maximum absolute atomic E-state index is 13.7. The Hall–Kier alpha value is -3.40. The summed E-state index contributed by atoms with van der Waals surface area (Å²) >= 11 is 1.59. The number of amides is 2. The number of benzene rings is 2. The summed E-state index contributed by atoms with van der Waals surface area (Å²) < 4.78 is 0. The van der Waals surface area contributed by atoms with Gasteiger partial charge in [-0.25, -0.2) is 4.98 Å². The number of thiazole rings is 1. The van der Waals surface area contributed by atoms with Crippen molar-refractivity contribution in [2.75, 3.05) is 6.54 Å². The smallest absolute Gasteiger partial charge is 0.255 e. The Morgan fingerprint density at radius 2 is 1.89 bits per heavy atom. The minimum Gasteiger partial charge on any atom is -0.391 e. The first-order chi connectivity index (χ1) is 18.2. The Balaban J connectivity index is 1.27. The lowest BCUT2D eigenvalue weighted by atomic mass is 9.99. The van der Waals surface area contributed by atoms with Crippen molar-refractivity contribution >= 4 is 28.9 Å². The molecule has 0 bridgehead atoms. The Labute approximate surface area is 225 Å². The number of aliphatic hydroxyl groups excluding tert-OH is 2. The van der Waals surface area contributed by atoms with Gasteiger partial charge in [-0.15, -0.1) is 11.3 Å². The zero-order chi connectivity index (χ0) is 27.0. The van der Waals surface area contributed by atoms with Crippen molar-refractivity contribution < 1.29 is 24.6 Å². The van der Waals surface area contributed by atoms with Crippen molar-refractivity contribution in [3.8, 4) is 10.4 Å². The summed E-state index contributed by atoms with van der Waals surface area (Å²) in [6.45, 7) is 3.65. The van der Waals surface area contributed by atoms with Gasteiger partial charge in [0.15, 0.2) is 5.78 Å². The molecule has 1 fully saturated rings. The van der Waals surface area contributed by atoms with Crippen molar-refractivity contribution in [1.29, 1.82) is 0 Å². The number of hydrogen-bond donors (Lipinski definition) is 2. The van der Waals surface area contributed by atoms with Crippen LogP contribution in [0.2, 0.25) is 0 Å². The van der Waals surface area contributed by atoms with Crippen LogP contribution in [0, 0.1) is 6.92 Å². The van der Waals surface area contributed by atoms with Gasteiger partial charge in [-0.2, -0.15) is 0 Å².